The topological polar surface area (TPSA) is 123 Å². The molecule has 45 heavy (non-hydrogen) atoms. The van der Waals surface area contributed by atoms with Crippen LogP contribution in [0.2, 0.25) is 0 Å². The molecule has 1 saturated carbocycles. The summed E-state index contributed by atoms with van der Waals surface area (Å²) < 4.78 is 17.3. The number of hydrogen-bond acceptors (Lipinski definition) is 7. The molecule has 4 unspecified atom stereocenters. The second kappa shape index (κ2) is 15.6. The molecule has 0 heterocycles. The Labute approximate surface area is 265 Å². The van der Waals surface area contributed by atoms with Gasteiger partial charge in [0.1, 0.15) is 28.9 Å². The number of amides is 2. The van der Waals surface area contributed by atoms with Gasteiger partial charge in [0.15, 0.2) is 0 Å². The van der Waals surface area contributed by atoms with Gasteiger partial charge in [-0.25, -0.2) is 0 Å². The molecule has 2 amide bonds. The Morgan fingerprint density at radius 3 is 1.91 bits per heavy atom. The molecular weight excluding hydrogens is 572 g/mol. The van der Waals surface area contributed by atoms with E-state index in [9.17, 15) is 19.5 Å². The van der Waals surface area contributed by atoms with E-state index in [4.69, 9.17) is 14.2 Å². The van der Waals surface area contributed by atoms with E-state index in [0.29, 0.717) is 54.0 Å². The van der Waals surface area contributed by atoms with Crippen molar-refractivity contribution in [3.63, 3.8) is 0 Å². The highest BCUT2D eigenvalue weighted by Gasteiger charge is 2.56. The van der Waals surface area contributed by atoms with Crippen molar-refractivity contribution in [2.24, 2.45) is 11.8 Å². The molecule has 4 atom stereocenters. The molecule has 4 rings (SSSR count). The van der Waals surface area contributed by atoms with Crippen molar-refractivity contribution in [1.29, 1.82) is 0 Å². The van der Waals surface area contributed by atoms with Gasteiger partial charge in [0.2, 0.25) is 11.8 Å². The summed E-state index contributed by atoms with van der Waals surface area (Å²) in [5.41, 5.74) is -0.350. The Morgan fingerprint density at radius 2 is 1.36 bits per heavy atom. The first kappa shape index (κ1) is 33.5. The third-order valence-corrected chi connectivity index (χ3v) is 8.00. The maximum absolute atomic E-state index is 14.2. The highest BCUT2D eigenvalue weighted by molar-refractivity contribution is 6.11. The Morgan fingerprint density at radius 1 is 0.800 bits per heavy atom. The van der Waals surface area contributed by atoms with E-state index in [-0.39, 0.29) is 6.42 Å². The lowest BCUT2D eigenvalue weighted by Gasteiger charge is -2.44. The number of aliphatic hydroxyl groups is 1. The van der Waals surface area contributed by atoms with Crippen LogP contribution in [-0.4, -0.2) is 48.1 Å². The molecule has 0 aliphatic heterocycles. The van der Waals surface area contributed by atoms with Crippen LogP contribution in [0.1, 0.15) is 64.9 Å². The van der Waals surface area contributed by atoms with Crippen LogP contribution in [0.25, 0.3) is 0 Å². The highest BCUT2D eigenvalue weighted by atomic mass is 16.5. The number of nitrogens with one attached hydrogen (secondary N) is 2. The van der Waals surface area contributed by atoms with Gasteiger partial charge in [-0.1, -0.05) is 56.2 Å². The smallest absolute Gasteiger partial charge is 0.235 e. The molecule has 9 nitrogen and oxygen atoms in total. The van der Waals surface area contributed by atoms with Crippen LogP contribution in [0.15, 0.2) is 72.8 Å². The summed E-state index contributed by atoms with van der Waals surface area (Å²) in [5, 5.41) is 17.5. The molecule has 1 fully saturated rings. The molecule has 3 N–H and O–H groups in total. The normalized spacial score (nSPS) is 21.1. The molecule has 0 spiro atoms. The number of unbranched alkanes of at least 4 members (excludes halogenated alkanes) is 2. The number of ether oxygens (including phenoxy) is 3. The van der Waals surface area contributed by atoms with Crippen molar-refractivity contribution in [1.82, 2.24) is 0 Å². The first-order valence-corrected chi connectivity index (χ1v) is 15.7. The van der Waals surface area contributed by atoms with Crippen LogP contribution < -0.4 is 24.8 Å². The van der Waals surface area contributed by atoms with Crippen molar-refractivity contribution in [3.8, 4) is 17.2 Å². The highest BCUT2D eigenvalue weighted by Crippen LogP contribution is 2.47. The lowest BCUT2D eigenvalue weighted by atomic mass is 9.61. The van der Waals surface area contributed by atoms with Gasteiger partial charge >= 0.3 is 0 Å². The summed E-state index contributed by atoms with van der Waals surface area (Å²) in [7, 11) is 0. The number of rotatable bonds is 14. The van der Waals surface area contributed by atoms with Crippen LogP contribution in [0.3, 0.4) is 0 Å². The molecule has 0 saturated heterocycles. The monoisotopic (exact) mass is 616 g/mol. The first-order valence-electron chi connectivity index (χ1n) is 15.7. The Bertz CT molecular complexity index is 1450. The number of benzene rings is 3. The average Bonchev–Trinajstić information content (AvgIpc) is 3.01. The average molecular weight is 617 g/mol. The largest absolute Gasteiger partial charge is 0.494 e. The molecule has 240 valence electrons. The van der Waals surface area contributed by atoms with Crippen molar-refractivity contribution in [2.75, 3.05) is 30.5 Å². The van der Waals surface area contributed by atoms with Crippen molar-refractivity contribution < 1.29 is 33.7 Å². The maximum atomic E-state index is 14.2. The molecule has 9 heteroatoms. The minimum Gasteiger partial charge on any atom is -0.494 e. The molecule has 1 aliphatic carbocycles. The van der Waals surface area contributed by atoms with Crippen LogP contribution in [0.5, 0.6) is 17.2 Å². The fraction of sp³-hybridized carbons (Fsp3) is 0.417. The second-order valence-corrected chi connectivity index (χ2v) is 11.4. The van der Waals surface area contributed by atoms with E-state index >= 15 is 0 Å². The summed E-state index contributed by atoms with van der Waals surface area (Å²) in [6.07, 6.45) is 2.69. The van der Waals surface area contributed by atoms with E-state index in [1.165, 1.54) is 6.92 Å². The number of hydrogen-bond donors (Lipinski definition) is 3. The van der Waals surface area contributed by atoms with Gasteiger partial charge in [-0.05, 0) is 69.2 Å². The molecule has 1 aliphatic rings. The lowest BCUT2D eigenvalue weighted by Crippen LogP contribution is -2.56. The summed E-state index contributed by atoms with van der Waals surface area (Å²) in [6.45, 7) is 8.63. The zero-order valence-electron chi connectivity index (χ0n) is 26.5. The molecule has 0 radical (unpaired) electrons. The summed E-state index contributed by atoms with van der Waals surface area (Å²) >= 11 is 0. The SMILES string of the molecule is CCCCCOc1ccc(C2C(C(=O)Nc3ccccc3OCC)C(=O)CC(C)(O)C2C(=O)Nc2ccccc2OCC)cc1. The number of para-hydroxylation sites is 4. The number of carbonyl (C=O) groups is 3. The fourth-order valence-electron chi connectivity index (χ4n) is 5.94. The molecule has 0 bridgehead atoms. The van der Waals surface area contributed by atoms with Crippen molar-refractivity contribution >= 4 is 29.0 Å². The first-order chi connectivity index (χ1) is 21.7. The van der Waals surface area contributed by atoms with Crippen LogP contribution in [0.4, 0.5) is 11.4 Å². The van der Waals surface area contributed by atoms with Crippen molar-refractivity contribution in [3.05, 3.63) is 78.4 Å². The zero-order chi connectivity index (χ0) is 32.4. The van der Waals surface area contributed by atoms with E-state index in [0.717, 1.165) is 19.3 Å². The quantitative estimate of drug-likeness (QED) is 0.142. The zero-order valence-corrected chi connectivity index (χ0v) is 26.5. The maximum Gasteiger partial charge on any atom is 0.235 e. The van der Waals surface area contributed by atoms with Gasteiger partial charge < -0.3 is 30.0 Å². The van der Waals surface area contributed by atoms with Gasteiger partial charge in [-0.3, -0.25) is 14.4 Å². The van der Waals surface area contributed by atoms with Crippen LogP contribution >= 0.6 is 0 Å². The summed E-state index contributed by atoms with van der Waals surface area (Å²) in [5.74, 6) is -3.43. The predicted octanol–water partition coefficient (Wildman–Crippen LogP) is 6.37. The Kier molecular flexibility index (Phi) is 11.6. The summed E-state index contributed by atoms with van der Waals surface area (Å²) in [6, 6.07) is 21.1. The number of carbonyl (C=O) groups excluding carboxylic acids is 3. The van der Waals surface area contributed by atoms with Gasteiger partial charge in [-0.15, -0.1) is 0 Å². The molecule has 3 aromatic rings. The minimum absolute atomic E-state index is 0.376. The van der Waals surface area contributed by atoms with Gasteiger partial charge in [0.05, 0.1) is 42.7 Å². The standard InChI is InChI=1S/C36H44N2O7/c1-5-8-13-22-45-25-20-18-24(19-21-25)31-32(34(40)37-26-14-9-11-16-29(26)43-6-2)28(39)23-36(4,42)33(31)35(41)38-27-15-10-12-17-30(27)44-7-3/h9-12,14-21,31-33,42H,5-8,13,22-23H2,1-4H3,(H,37,40)(H,38,41). The van der Waals surface area contributed by atoms with E-state index < -0.39 is 41.0 Å². The van der Waals surface area contributed by atoms with Gasteiger partial charge in [0.25, 0.3) is 0 Å². The molecule has 3 aromatic carbocycles. The van der Waals surface area contributed by atoms with E-state index in [2.05, 4.69) is 17.6 Å². The number of Topliss-reactive ketones (excluding diaryl/α,β-unsaturated/α-hetero) is 1. The second-order valence-electron chi connectivity index (χ2n) is 11.4. The third-order valence-electron chi connectivity index (χ3n) is 8.00. The van der Waals surface area contributed by atoms with Crippen LogP contribution in [-0.2, 0) is 14.4 Å². The third kappa shape index (κ3) is 8.22. The van der Waals surface area contributed by atoms with Gasteiger partial charge in [-0.2, -0.15) is 0 Å². The Hall–Kier alpha value is -4.37. The number of ketones is 1. The fourth-order valence-corrected chi connectivity index (χ4v) is 5.94. The predicted molar refractivity (Wildman–Crippen MR) is 174 cm³/mol. The molecule has 0 aromatic heterocycles. The van der Waals surface area contributed by atoms with E-state index in [1.54, 1.807) is 72.8 Å². The van der Waals surface area contributed by atoms with Crippen molar-refractivity contribution in [2.45, 2.75) is 64.9 Å². The number of anilines is 2. The molecular formula is C36H44N2O7. The van der Waals surface area contributed by atoms with Crippen LogP contribution in [0, 0.1) is 11.8 Å². The van der Waals surface area contributed by atoms with Gasteiger partial charge in [0, 0.05) is 12.3 Å². The lowest BCUT2D eigenvalue weighted by molar-refractivity contribution is -0.150. The minimum atomic E-state index is -1.75. The van der Waals surface area contributed by atoms with E-state index in [1.807, 2.05) is 13.8 Å². The summed E-state index contributed by atoms with van der Waals surface area (Å²) in [4.78, 5) is 41.9. The Balaban J connectivity index is 1.74.